The monoisotopic (exact) mass is 367 g/mol. The van der Waals surface area contributed by atoms with Gasteiger partial charge < -0.3 is 14.6 Å². The van der Waals surface area contributed by atoms with Crippen molar-refractivity contribution in [1.29, 1.82) is 0 Å². The van der Waals surface area contributed by atoms with Crippen molar-refractivity contribution in [3.8, 4) is 11.5 Å². The SMILES string of the molecule is COc1ccc(OCc2ccccc2)cc1/C(=C/C(=O)O)c1nccs1. The summed E-state index contributed by atoms with van der Waals surface area (Å²) in [5.41, 5.74) is 2.15. The highest BCUT2D eigenvalue weighted by Crippen LogP contribution is 2.35. The summed E-state index contributed by atoms with van der Waals surface area (Å²) in [6.07, 6.45) is 2.77. The van der Waals surface area contributed by atoms with Crippen LogP contribution in [0.25, 0.3) is 5.57 Å². The van der Waals surface area contributed by atoms with Crippen LogP contribution < -0.4 is 9.47 Å². The molecule has 6 heteroatoms. The van der Waals surface area contributed by atoms with Crippen LogP contribution in [0.5, 0.6) is 11.5 Å². The number of hydrogen-bond donors (Lipinski definition) is 1. The molecule has 0 aliphatic carbocycles. The second kappa shape index (κ2) is 8.31. The van der Waals surface area contributed by atoms with E-state index in [0.29, 0.717) is 34.3 Å². The van der Waals surface area contributed by atoms with E-state index < -0.39 is 5.97 Å². The molecule has 0 atom stereocenters. The standard InChI is InChI=1S/C20H17NO4S/c1-24-18-8-7-15(25-13-14-5-3-2-4-6-14)11-16(18)17(12-19(22)23)20-21-9-10-26-20/h2-12H,13H2,1H3,(H,22,23)/b17-12-. The van der Waals surface area contributed by atoms with Crippen LogP contribution in [0, 0.1) is 0 Å². The largest absolute Gasteiger partial charge is 0.496 e. The van der Waals surface area contributed by atoms with Gasteiger partial charge in [-0.15, -0.1) is 11.3 Å². The van der Waals surface area contributed by atoms with Gasteiger partial charge in [0.2, 0.25) is 0 Å². The number of ether oxygens (including phenoxy) is 2. The second-order valence-electron chi connectivity index (χ2n) is 5.37. The lowest BCUT2D eigenvalue weighted by molar-refractivity contribution is -0.131. The van der Waals surface area contributed by atoms with Gasteiger partial charge in [-0.3, -0.25) is 0 Å². The first-order valence-electron chi connectivity index (χ1n) is 7.87. The number of hydrogen-bond acceptors (Lipinski definition) is 5. The van der Waals surface area contributed by atoms with Crippen molar-refractivity contribution < 1.29 is 19.4 Å². The van der Waals surface area contributed by atoms with E-state index in [1.54, 1.807) is 36.9 Å². The molecule has 0 saturated heterocycles. The molecule has 3 aromatic rings. The predicted octanol–water partition coefficient (Wildman–Crippen LogP) is 4.25. The van der Waals surface area contributed by atoms with Crippen molar-refractivity contribution in [3.63, 3.8) is 0 Å². The van der Waals surface area contributed by atoms with Crippen LogP contribution in [0.4, 0.5) is 0 Å². The lowest BCUT2D eigenvalue weighted by atomic mass is 10.0. The Hall–Kier alpha value is -3.12. The summed E-state index contributed by atoms with van der Waals surface area (Å²) in [5, 5.41) is 11.7. The maximum absolute atomic E-state index is 11.3. The first-order chi connectivity index (χ1) is 12.7. The summed E-state index contributed by atoms with van der Waals surface area (Å²) in [6, 6.07) is 15.2. The highest BCUT2D eigenvalue weighted by atomic mass is 32.1. The van der Waals surface area contributed by atoms with E-state index >= 15 is 0 Å². The number of aromatic nitrogens is 1. The molecular weight excluding hydrogens is 350 g/mol. The van der Waals surface area contributed by atoms with Crippen LogP contribution in [0.1, 0.15) is 16.1 Å². The van der Waals surface area contributed by atoms with Crippen LogP contribution >= 0.6 is 11.3 Å². The summed E-state index contributed by atoms with van der Waals surface area (Å²) in [4.78, 5) is 15.5. The maximum Gasteiger partial charge on any atom is 0.329 e. The van der Waals surface area contributed by atoms with Crippen molar-refractivity contribution >= 4 is 22.9 Å². The molecule has 3 rings (SSSR count). The van der Waals surface area contributed by atoms with Gasteiger partial charge in [-0.2, -0.15) is 0 Å². The number of aliphatic carboxylic acids is 1. The lowest BCUT2D eigenvalue weighted by Crippen LogP contribution is -2.00. The van der Waals surface area contributed by atoms with Crippen molar-refractivity contribution in [2.24, 2.45) is 0 Å². The van der Waals surface area contributed by atoms with E-state index in [2.05, 4.69) is 4.98 Å². The van der Waals surface area contributed by atoms with Crippen molar-refractivity contribution in [2.75, 3.05) is 7.11 Å². The molecule has 0 saturated carbocycles. The second-order valence-corrected chi connectivity index (χ2v) is 6.26. The third kappa shape index (κ3) is 4.29. The molecule has 2 aromatic carbocycles. The van der Waals surface area contributed by atoms with Gasteiger partial charge >= 0.3 is 5.97 Å². The Kier molecular flexibility index (Phi) is 5.66. The summed E-state index contributed by atoms with van der Waals surface area (Å²) in [6.45, 7) is 0.418. The topological polar surface area (TPSA) is 68.7 Å². The fraction of sp³-hybridized carbons (Fsp3) is 0.100. The minimum atomic E-state index is -1.05. The van der Waals surface area contributed by atoms with E-state index in [1.165, 1.54) is 11.3 Å². The number of thiazole rings is 1. The van der Waals surface area contributed by atoms with E-state index in [1.807, 2.05) is 30.3 Å². The summed E-state index contributed by atoms with van der Waals surface area (Å²) in [5.74, 6) is 0.130. The number of nitrogens with zero attached hydrogens (tertiary/aromatic N) is 1. The van der Waals surface area contributed by atoms with Crippen molar-refractivity contribution in [2.45, 2.75) is 6.61 Å². The zero-order chi connectivity index (χ0) is 18.4. The number of carboxylic acids is 1. The van der Waals surface area contributed by atoms with E-state index in [9.17, 15) is 9.90 Å². The molecule has 132 valence electrons. The van der Waals surface area contributed by atoms with E-state index in [0.717, 1.165) is 11.6 Å². The highest BCUT2D eigenvalue weighted by Gasteiger charge is 2.16. The molecule has 1 N–H and O–H groups in total. The molecule has 0 spiro atoms. The minimum absolute atomic E-state index is 0.418. The lowest BCUT2D eigenvalue weighted by Gasteiger charge is -2.13. The van der Waals surface area contributed by atoms with Gasteiger partial charge in [-0.1, -0.05) is 30.3 Å². The predicted molar refractivity (Wildman–Crippen MR) is 101 cm³/mol. The maximum atomic E-state index is 11.3. The quantitative estimate of drug-likeness (QED) is 0.632. The zero-order valence-electron chi connectivity index (χ0n) is 14.1. The number of rotatable bonds is 7. The van der Waals surface area contributed by atoms with E-state index in [4.69, 9.17) is 9.47 Å². The van der Waals surface area contributed by atoms with Crippen molar-refractivity contribution in [3.05, 3.63) is 82.3 Å². The van der Waals surface area contributed by atoms with Crippen molar-refractivity contribution in [1.82, 2.24) is 4.98 Å². The van der Waals surface area contributed by atoms with Gasteiger partial charge in [0.15, 0.2) is 0 Å². The number of carbonyl (C=O) groups is 1. The molecular formula is C20H17NO4S. The van der Waals surface area contributed by atoms with Gasteiger partial charge in [0.1, 0.15) is 23.1 Å². The Labute approximate surface area is 155 Å². The smallest absolute Gasteiger partial charge is 0.329 e. The minimum Gasteiger partial charge on any atom is -0.496 e. The summed E-state index contributed by atoms with van der Waals surface area (Å²) in [7, 11) is 1.55. The molecule has 5 nitrogen and oxygen atoms in total. The normalized spacial score (nSPS) is 11.2. The molecule has 1 heterocycles. The fourth-order valence-electron chi connectivity index (χ4n) is 2.46. The van der Waals surface area contributed by atoms with Gasteiger partial charge in [-0.25, -0.2) is 9.78 Å². The van der Waals surface area contributed by atoms with Crippen LogP contribution in [0.2, 0.25) is 0 Å². The Morgan fingerprint density at radius 3 is 2.69 bits per heavy atom. The number of carboxylic acid groups (broad SMARTS) is 1. The molecule has 0 aliphatic heterocycles. The van der Waals surface area contributed by atoms with E-state index in [-0.39, 0.29) is 0 Å². The first kappa shape index (κ1) is 17.7. The molecule has 1 aromatic heterocycles. The average molecular weight is 367 g/mol. The van der Waals surface area contributed by atoms with Crippen LogP contribution in [-0.2, 0) is 11.4 Å². The van der Waals surface area contributed by atoms with Gasteiger partial charge in [0, 0.05) is 28.8 Å². The first-order valence-corrected chi connectivity index (χ1v) is 8.75. The Morgan fingerprint density at radius 2 is 2.04 bits per heavy atom. The molecule has 0 radical (unpaired) electrons. The molecule has 26 heavy (non-hydrogen) atoms. The van der Waals surface area contributed by atoms with Gasteiger partial charge in [0.05, 0.1) is 7.11 Å². The van der Waals surface area contributed by atoms with Gasteiger partial charge in [0.25, 0.3) is 0 Å². The Morgan fingerprint density at radius 1 is 1.23 bits per heavy atom. The Balaban J connectivity index is 1.95. The molecule has 0 amide bonds. The zero-order valence-corrected chi connectivity index (χ0v) is 14.9. The average Bonchev–Trinajstić information content (AvgIpc) is 3.19. The third-order valence-corrected chi connectivity index (χ3v) is 4.45. The molecule has 0 aliphatic rings. The number of benzene rings is 2. The fourth-order valence-corrected chi connectivity index (χ4v) is 3.13. The van der Waals surface area contributed by atoms with Crippen LogP contribution in [0.3, 0.4) is 0 Å². The van der Waals surface area contributed by atoms with Crippen LogP contribution in [-0.4, -0.2) is 23.2 Å². The molecule has 0 fully saturated rings. The highest BCUT2D eigenvalue weighted by molar-refractivity contribution is 7.10. The molecule has 0 bridgehead atoms. The third-order valence-electron chi connectivity index (χ3n) is 3.64. The van der Waals surface area contributed by atoms with Gasteiger partial charge in [-0.05, 0) is 23.8 Å². The summed E-state index contributed by atoms with van der Waals surface area (Å²) < 4.78 is 11.3. The molecule has 0 unspecified atom stereocenters. The Bertz CT molecular complexity index is 905. The number of methoxy groups -OCH3 is 1. The van der Waals surface area contributed by atoms with Crippen LogP contribution in [0.15, 0.2) is 66.2 Å². The summed E-state index contributed by atoms with van der Waals surface area (Å²) >= 11 is 1.36.